The van der Waals surface area contributed by atoms with Crippen LogP contribution in [-0.4, -0.2) is 9.55 Å². The third-order valence-electron chi connectivity index (χ3n) is 3.09. The molecule has 0 unspecified atom stereocenters. The number of hydrogen-bond acceptors (Lipinski definition) is 2. The highest BCUT2D eigenvalue weighted by atomic mass is 35.5. The van der Waals surface area contributed by atoms with Crippen LogP contribution in [0.4, 0.5) is 0 Å². The van der Waals surface area contributed by atoms with E-state index in [1.165, 1.54) is 10.9 Å². The maximum Gasteiger partial charge on any atom is 0.261 e. The molecular weight excluding hydrogens is 295 g/mol. The van der Waals surface area contributed by atoms with E-state index < -0.39 is 0 Å². The summed E-state index contributed by atoms with van der Waals surface area (Å²) in [5.74, 6) is 0. The molecule has 3 rings (SSSR count). The molecule has 3 aromatic rings. The van der Waals surface area contributed by atoms with E-state index in [0.717, 1.165) is 5.56 Å². The second-order valence-electron chi connectivity index (χ2n) is 4.43. The fourth-order valence-corrected chi connectivity index (χ4v) is 2.42. The van der Waals surface area contributed by atoms with Crippen LogP contribution in [0.2, 0.25) is 10.0 Å². The molecule has 0 radical (unpaired) electrons. The molecule has 20 heavy (non-hydrogen) atoms. The Morgan fingerprint density at radius 1 is 1.10 bits per heavy atom. The second kappa shape index (κ2) is 5.27. The first-order valence-electron chi connectivity index (χ1n) is 6.03. The molecule has 0 spiro atoms. The molecule has 0 aliphatic heterocycles. The highest BCUT2D eigenvalue weighted by Crippen LogP contribution is 2.17. The van der Waals surface area contributed by atoms with Crippen LogP contribution < -0.4 is 5.56 Å². The molecule has 0 N–H and O–H groups in total. The highest BCUT2D eigenvalue weighted by Gasteiger charge is 2.06. The van der Waals surface area contributed by atoms with Crippen molar-refractivity contribution in [2.45, 2.75) is 6.54 Å². The smallest absolute Gasteiger partial charge is 0.261 e. The molecule has 0 bridgehead atoms. The summed E-state index contributed by atoms with van der Waals surface area (Å²) in [6.07, 6.45) is 1.52. The number of fused-ring (bicyclic) bond motifs is 1. The van der Waals surface area contributed by atoms with Gasteiger partial charge >= 0.3 is 0 Å². The van der Waals surface area contributed by atoms with Crippen molar-refractivity contribution in [1.29, 1.82) is 0 Å². The van der Waals surface area contributed by atoms with Crippen LogP contribution in [0.25, 0.3) is 10.9 Å². The zero-order chi connectivity index (χ0) is 14.1. The molecule has 0 saturated heterocycles. The van der Waals surface area contributed by atoms with Gasteiger partial charge < -0.3 is 0 Å². The summed E-state index contributed by atoms with van der Waals surface area (Å²) >= 11 is 12.0. The van der Waals surface area contributed by atoms with Gasteiger partial charge in [0.2, 0.25) is 0 Å². The number of hydrogen-bond donors (Lipinski definition) is 0. The van der Waals surface area contributed by atoms with Crippen LogP contribution in [0, 0.1) is 0 Å². The summed E-state index contributed by atoms with van der Waals surface area (Å²) in [5, 5.41) is 1.74. The first-order valence-corrected chi connectivity index (χ1v) is 6.79. The third kappa shape index (κ3) is 2.42. The first-order chi connectivity index (χ1) is 9.65. The van der Waals surface area contributed by atoms with Crippen LogP contribution in [0.15, 0.2) is 53.6 Å². The monoisotopic (exact) mass is 304 g/mol. The lowest BCUT2D eigenvalue weighted by Crippen LogP contribution is -2.21. The van der Waals surface area contributed by atoms with Crippen LogP contribution >= 0.6 is 23.2 Å². The molecule has 0 aliphatic carbocycles. The summed E-state index contributed by atoms with van der Waals surface area (Å²) in [5.41, 5.74) is 1.37. The molecule has 100 valence electrons. The minimum Gasteiger partial charge on any atom is -0.294 e. The normalized spacial score (nSPS) is 10.9. The van der Waals surface area contributed by atoms with Crippen LogP contribution in [-0.2, 0) is 6.54 Å². The van der Waals surface area contributed by atoms with Crippen molar-refractivity contribution in [1.82, 2.24) is 9.55 Å². The molecule has 0 amide bonds. The van der Waals surface area contributed by atoms with E-state index in [9.17, 15) is 4.79 Å². The summed E-state index contributed by atoms with van der Waals surface area (Å²) < 4.78 is 1.54. The van der Waals surface area contributed by atoms with Crippen LogP contribution in [0.3, 0.4) is 0 Å². The van der Waals surface area contributed by atoms with Gasteiger partial charge in [0.25, 0.3) is 5.56 Å². The number of benzene rings is 2. The first kappa shape index (κ1) is 13.2. The Kier molecular flexibility index (Phi) is 3.47. The molecule has 2 aromatic carbocycles. The molecule has 3 nitrogen and oxygen atoms in total. The quantitative estimate of drug-likeness (QED) is 0.722. The van der Waals surface area contributed by atoms with Crippen molar-refractivity contribution in [2.75, 3.05) is 0 Å². The summed E-state index contributed by atoms with van der Waals surface area (Å²) in [4.78, 5) is 16.7. The van der Waals surface area contributed by atoms with Crippen LogP contribution in [0.5, 0.6) is 0 Å². The fraction of sp³-hybridized carbons (Fsp3) is 0.0667. The largest absolute Gasteiger partial charge is 0.294 e. The molecule has 0 aliphatic rings. The zero-order valence-corrected chi connectivity index (χ0v) is 11.9. The van der Waals surface area contributed by atoms with Gasteiger partial charge in [-0.25, -0.2) is 4.98 Å². The van der Waals surface area contributed by atoms with Gasteiger partial charge in [-0.3, -0.25) is 9.36 Å². The number of rotatable bonds is 2. The van der Waals surface area contributed by atoms with Gasteiger partial charge in [-0.1, -0.05) is 41.4 Å². The zero-order valence-electron chi connectivity index (χ0n) is 10.4. The average molecular weight is 305 g/mol. The van der Waals surface area contributed by atoms with Gasteiger partial charge in [0.15, 0.2) is 0 Å². The number of halogens is 2. The maximum atomic E-state index is 12.4. The van der Waals surface area contributed by atoms with Gasteiger partial charge in [0.05, 0.1) is 23.8 Å². The minimum atomic E-state index is -0.105. The van der Waals surface area contributed by atoms with Gasteiger partial charge in [0, 0.05) is 10.0 Å². The highest BCUT2D eigenvalue weighted by molar-refractivity contribution is 6.31. The van der Waals surface area contributed by atoms with E-state index in [1.807, 2.05) is 18.2 Å². The summed E-state index contributed by atoms with van der Waals surface area (Å²) in [6, 6.07) is 12.5. The van der Waals surface area contributed by atoms with E-state index in [1.54, 1.807) is 24.3 Å². The van der Waals surface area contributed by atoms with Crippen molar-refractivity contribution >= 4 is 34.1 Å². The lowest BCUT2D eigenvalue weighted by atomic mass is 10.2. The Morgan fingerprint density at radius 2 is 1.90 bits per heavy atom. The van der Waals surface area contributed by atoms with Gasteiger partial charge in [-0.2, -0.15) is 0 Å². The van der Waals surface area contributed by atoms with Gasteiger partial charge in [-0.05, 0) is 29.8 Å². The Bertz CT molecular complexity index is 843. The van der Waals surface area contributed by atoms with E-state index in [4.69, 9.17) is 23.2 Å². The Morgan fingerprint density at radius 3 is 2.70 bits per heavy atom. The lowest BCUT2D eigenvalue weighted by Gasteiger charge is -2.08. The third-order valence-corrected chi connectivity index (χ3v) is 3.69. The molecular formula is C15H10Cl2N2O. The number of aromatic nitrogens is 2. The predicted octanol–water partition coefficient (Wildman–Crippen LogP) is 3.75. The number of nitrogens with zero attached hydrogens (tertiary/aromatic N) is 2. The topological polar surface area (TPSA) is 34.9 Å². The lowest BCUT2D eigenvalue weighted by molar-refractivity contribution is 0.748. The van der Waals surface area contributed by atoms with Crippen molar-refractivity contribution in [3.05, 3.63) is 74.8 Å². The Labute approximate surface area is 125 Å². The standard InChI is InChI=1S/C15H10Cl2N2O/c16-11-5-6-12-14(7-11)18-9-19(15(12)20)8-10-3-1-2-4-13(10)17/h1-7,9H,8H2. The molecule has 1 aromatic heterocycles. The average Bonchev–Trinajstić information content (AvgIpc) is 2.44. The summed E-state index contributed by atoms with van der Waals surface area (Å²) in [7, 11) is 0. The molecule has 0 saturated carbocycles. The van der Waals surface area contributed by atoms with E-state index >= 15 is 0 Å². The van der Waals surface area contributed by atoms with Gasteiger partial charge in [0.1, 0.15) is 0 Å². The molecule has 5 heteroatoms. The Hall–Kier alpha value is -1.84. The Balaban J connectivity index is 2.09. The SMILES string of the molecule is O=c1c2ccc(Cl)cc2ncn1Cc1ccccc1Cl. The second-order valence-corrected chi connectivity index (χ2v) is 5.27. The van der Waals surface area contributed by atoms with Crippen LogP contribution in [0.1, 0.15) is 5.56 Å². The van der Waals surface area contributed by atoms with Crippen molar-refractivity contribution in [3.8, 4) is 0 Å². The predicted molar refractivity (Wildman–Crippen MR) is 81.6 cm³/mol. The summed E-state index contributed by atoms with van der Waals surface area (Å²) in [6.45, 7) is 0.393. The van der Waals surface area contributed by atoms with Crippen molar-refractivity contribution in [3.63, 3.8) is 0 Å². The van der Waals surface area contributed by atoms with Gasteiger partial charge in [-0.15, -0.1) is 0 Å². The molecule has 0 atom stereocenters. The molecule has 1 heterocycles. The molecule has 0 fully saturated rings. The van der Waals surface area contributed by atoms with Crippen molar-refractivity contribution < 1.29 is 0 Å². The van der Waals surface area contributed by atoms with E-state index in [0.29, 0.717) is 27.5 Å². The minimum absolute atomic E-state index is 0.105. The maximum absolute atomic E-state index is 12.4. The van der Waals surface area contributed by atoms with Crippen molar-refractivity contribution in [2.24, 2.45) is 0 Å². The fourth-order valence-electron chi connectivity index (χ4n) is 2.05. The van der Waals surface area contributed by atoms with E-state index in [2.05, 4.69) is 4.98 Å². The van der Waals surface area contributed by atoms with E-state index in [-0.39, 0.29) is 5.56 Å².